The summed E-state index contributed by atoms with van der Waals surface area (Å²) in [6.45, 7) is 3.89. The topological polar surface area (TPSA) is 18.5 Å². The summed E-state index contributed by atoms with van der Waals surface area (Å²) in [6.07, 6.45) is 2.72. The van der Waals surface area contributed by atoms with Gasteiger partial charge in [0.1, 0.15) is 0 Å². The molecule has 0 N–H and O–H groups in total. The molecule has 0 aromatic heterocycles. The molecule has 2 nitrogen and oxygen atoms in total. The molecule has 1 fully saturated rings. The predicted molar refractivity (Wildman–Crippen MR) is 69.6 cm³/mol. The number of alkyl halides is 4. The van der Waals surface area contributed by atoms with Gasteiger partial charge in [-0.3, -0.25) is 0 Å². The Hall–Kier alpha value is 0.940. The van der Waals surface area contributed by atoms with E-state index in [1.165, 1.54) is 21.7 Å². The second-order valence-electron chi connectivity index (χ2n) is 3.47. The Kier molecular flexibility index (Phi) is 7.56. The van der Waals surface area contributed by atoms with Gasteiger partial charge in [0, 0.05) is 0 Å². The summed E-state index contributed by atoms with van der Waals surface area (Å²) in [5, 5.41) is 0. The summed E-state index contributed by atoms with van der Waals surface area (Å²) < 4.78 is 14.6. The first-order valence-electron chi connectivity index (χ1n) is 5.16. The molecule has 1 aliphatic heterocycles. The molecule has 0 spiro atoms. The van der Waals surface area contributed by atoms with E-state index in [-0.39, 0.29) is 0 Å². The van der Waals surface area contributed by atoms with E-state index in [2.05, 4.69) is 6.92 Å². The van der Waals surface area contributed by atoms with Crippen LogP contribution in [-0.4, -0.2) is 32.7 Å². The van der Waals surface area contributed by atoms with Crippen LogP contribution in [0.4, 0.5) is 0 Å². The van der Waals surface area contributed by atoms with E-state index >= 15 is 0 Å². The van der Waals surface area contributed by atoms with E-state index in [1.807, 2.05) is 0 Å². The molecule has 0 atom stereocenters. The van der Waals surface area contributed by atoms with Gasteiger partial charge in [-0.2, -0.15) is 0 Å². The van der Waals surface area contributed by atoms with Crippen LogP contribution in [-0.2, 0) is 9.47 Å². The van der Waals surface area contributed by atoms with Crippen LogP contribution in [0, 0.1) is 5.92 Å². The predicted octanol–water partition coefficient (Wildman–Crippen LogP) is 3.11. The number of rotatable bonds is 6. The van der Waals surface area contributed by atoms with Gasteiger partial charge >= 0.3 is 99.3 Å². The normalized spacial score (nSPS) is 21.4. The zero-order valence-electron chi connectivity index (χ0n) is 8.81. The first kappa shape index (κ1) is 13.0. The average molecular weight is 335 g/mol. The summed E-state index contributed by atoms with van der Waals surface area (Å²) in [7, 11) is 0. The third-order valence-electron chi connectivity index (χ3n) is 2.44. The molecule has 0 saturated carbocycles. The number of ether oxygens (including phenoxy) is 2. The molecule has 86 valence electrons. The van der Waals surface area contributed by atoms with E-state index in [0.29, 0.717) is 6.07 Å². The number of hydrogen-bond acceptors (Lipinski definition) is 2. The molecule has 0 bridgehead atoms. The van der Waals surface area contributed by atoms with Gasteiger partial charge in [-0.1, -0.05) is 0 Å². The molecular formula is C10H20ClIO2. The van der Waals surface area contributed by atoms with Crippen LogP contribution in [0.25, 0.3) is 0 Å². The Morgan fingerprint density at radius 3 is 2.57 bits per heavy atom. The number of halogens is 2. The molecule has 1 aliphatic rings. The second-order valence-corrected chi connectivity index (χ2v) is 9.70. The van der Waals surface area contributed by atoms with Crippen LogP contribution in [0.3, 0.4) is 0 Å². The van der Waals surface area contributed by atoms with Gasteiger partial charge in [-0.25, -0.2) is 0 Å². The van der Waals surface area contributed by atoms with Gasteiger partial charge in [0.05, 0.1) is 0 Å². The van der Waals surface area contributed by atoms with E-state index in [0.717, 1.165) is 23.7 Å². The first-order chi connectivity index (χ1) is 6.86. The molecule has 4 heteroatoms. The average Bonchev–Trinajstić information content (AvgIpc) is 2.25. The molecular weight excluding hydrogens is 314 g/mol. The summed E-state index contributed by atoms with van der Waals surface area (Å²) >= 11 is 4.76. The van der Waals surface area contributed by atoms with E-state index < -0.39 is 19.8 Å². The van der Waals surface area contributed by atoms with Crippen LogP contribution in [0.15, 0.2) is 0 Å². The van der Waals surface area contributed by atoms with Crippen molar-refractivity contribution >= 4 is 31.4 Å². The minimum absolute atomic E-state index is 0.371. The summed E-state index contributed by atoms with van der Waals surface area (Å²) in [5.41, 5.74) is 0. The molecule has 0 radical (unpaired) electrons. The van der Waals surface area contributed by atoms with Crippen LogP contribution in [0.2, 0.25) is 0 Å². The van der Waals surface area contributed by atoms with Crippen molar-refractivity contribution < 1.29 is 9.47 Å². The Labute approximate surface area is 99.1 Å². The third kappa shape index (κ3) is 5.14. The molecule has 0 unspecified atom stereocenters. The minimum atomic E-state index is -0.746. The van der Waals surface area contributed by atoms with Crippen molar-refractivity contribution in [3.63, 3.8) is 0 Å². The Bertz CT molecular complexity index is 122. The zero-order valence-corrected chi connectivity index (χ0v) is 11.7. The van der Waals surface area contributed by atoms with Gasteiger partial charge in [0.2, 0.25) is 0 Å². The summed E-state index contributed by atoms with van der Waals surface area (Å²) in [6, 6.07) is 0.371. The van der Waals surface area contributed by atoms with Gasteiger partial charge in [0.25, 0.3) is 0 Å². The van der Waals surface area contributed by atoms with Crippen molar-refractivity contribution in [2.24, 2.45) is 5.92 Å². The molecule has 0 aromatic rings. The Morgan fingerprint density at radius 1 is 1.29 bits per heavy atom. The van der Waals surface area contributed by atoms with Crippen LogP contribution >= 0.6 is 31.4 Å². The first-order valence-corrected chi connectivity index (χ1v) is 10.3. The van der Waals surface area contributed by atoms with Crippen molar-refractivity contribution in [3.8, 4) is 0 Å². The summed E-state index contributed by atoms with van der Waals surface area (Å²) in [4.78, 5) is 0. The molecule has 1 rings (SSSR count). The van der Waals surface area contributed by atoms with Crippen LogP contribution < -0.4 is 0 Å². The van der Waals surface area contributed by atoms with Gasteiger partial charge in [0.15, 0.2) is 0 Å². The fourth-order valence-electron chi connectivity index (χ4n) is 1.55. The van der Waals surface area contributed by atoms with Crippen LogP contribution in [0.5, 0.6) is 0 Å². The fraction of sp³-hybridized carbons (Fsp3) is 1.00. The fourth-order valence-corrected chi connectivity index (χ4v) is 7.42. The van der Waals surface area contributed by atoms with Crippen molar-refractivity contribution in [2.75, 3.05) is 32.7 Å². The second kappa shape index (κ2) is 8.13. The molecule has 1 heterocycles. The maximum atomic E-state index is 5.50. The quantitative estimate of drug-likeness (QED) is 0.549. The van der Waals surface area contributed by atoms with Crippen molar-refractivity contribution in [2.45, 2.75) is 19.8 Å². The monoisotopic (exact) mass is 334 g/mol. The molecule has 0 aliphatic carbocycles. The molecule has 0 aromatic carbocycles. The van der Waals surface area contributed by atoms with Crippen LogP contribution in [0.1, 0.15) is 19.8 Å². The zero-order chi connectivity index (χ0) is 10.2. The van der Waals surface area contributed by atoms with Crippen molar-refractivity contribution in [1.82, 2.24) is 0 Å². The molecule has 14 heavy (non-hydrogen) atoms. The molecule has 1 saturated heterocycles. The standard InChI is InChI=1S/C10H20ClIO2/c1-2-13-7-10-3-5-12(6-4-10)9-14-8-11/h10H,2-9H2,1H3. The summed E-state index contributed by atoms with van der Waals surface area (Å²) in [5.74, 6) is 0.819. The van der Waals surface area contributed by atoms with Crippen molar-refractivity contribution in [1.29, 1.82) is 0 Å². The number of hydrogen-bond donors (Lipinski definition) is 0. The van der Waals surface area contributed by atoms with E-state index in [1.54, 1.807) is 0 Å². The SMILES string of the molecule is CCOCC1CCI(COCCl)CC1. The van der Waals surface area contributed by atoms with Gasteiger partial charge < -0.3 is 0 Å². The van der Waals surface area contributed by atoms with E-state index in [4.69, 9.17) is 21.1 Å². The van der Waals surface area contributed by atoms with Gasteiger partial charge in [-0.05, 0) is 0 Å². The maximum absolute atomic E-state index is 5.50. The third-order valence-corrected chi connectivity index (χ3v) is 8.21. The van der Waals surface area contributed by atoms with Crippen molar-refractivity contribution in [3.05, 3.63) is 0 Å². The Morgan fingerprint density at radius 2 is 2.00 bits per heavy atom. The van der Waals surface area contributed by atoms with E-state index in [9.17, 15) is 0 Å². The Balaban J connectivity index is 2.05. The molecule has 0 amide bonds. The van der Waals surface area contributed by atoms with Gasteiger partial charge in [-0.15, -0.1) is 0 Å².